The van der Waals surface area contributed by atoms with Gasteiger partial charge in [-0.05, 0) is 80.7 Å². The molecule has 0 aliphatic heterocycles. The third kappa shape index (κ3) is 10.2. The normalized spacial score (nSPS) is 15.2. The minimum atomic E-state index is -5.08. The second kappa shape index (κ2) is 14.9. The Hall–Kier alpha value is -3.81. The van der Waals surface area contributed by atoms with Gasteiger partial charge in [0, 0.05) is 24.2 Å². The lowest BCUT2D eigenvalue weighted by molar-refractivity contribution is -0.192. The maximum Gasteiger partial charge on any atom is 0.490 e. The van der Waals surface area contributed by atoms with Crippen LogP contribution in [0.1, 0.15) is 94.0 Å². The smallest absolute Gasteiger partial charge is 0.475 e. The van der Waals surface area contributed by atoms with E-state index in [2.05, 4.69) is 45.0 Å². The predicted octanol–water partition coefficient (Wildman–Crippen LogP) is 4.04. The molecular weight excluding hydrogens is 555 g/mol. The average molecular weight is 596 g/mol. The number of hydrogen-bond acceptors (Lipinski definition) is 7. The highest BCUT2D eigenvalue weighted by Gasteiger charge is 2.40. The Kier molecular flexibility index (Phi) is 12.2. The number of aliphatic carboxylic acids is 1. The van der Waals surface area contributed by atoms with Crippen molar-refractivity contribution < 1.29 is 32.7 Å². The molecule has 232 valence electrons. The van der Waals surface area contributed by atoms with Gasteiger partial charge in [-0.25, -0.2) is 9.48 Å². The van der Waals surface area contributed by atoms with Crippen molar-refractivity contribution in [1.82, 2.24) is 36.2 Å². The van der Waals surface area contributed by atoms with E-state index in [0.717, 1.165) is 30.7 Å². The quantitative estimate of drug-likeness (QED) is 0.269. The standard InChI is InChI=1S/C26H39N7O2.C2HF3O2/c1-6-15-27-23(35)20-12-10-11-19(16-20)17-28-26(5,18-25(3,4)29-22(34)7-2)24-30-31-32-33(24)21-13-8-9-14-21;3-2(4,5)1(6)7/h7,10-12,16,21,28H,2,6,8-9,13-15,17-18H2,1,3-5H3,(H,27,35)(H,29,34);(H,6,7). The third-order valence-electron chi connectivity index (χ3n) is 6.75. The van der Waals surface area contributed by atoms with Crippen LogP contribution in [-0.4, -0.2) is 61.4 Å². The van der Waals surface area contributed by atoms with Gasteiger partial charge in [0.2, 0.25) is 5.91 Å². The number of carboxylic acid groups (broad SMARTS) is 1. The number of carbonyl (C=O) groups is 3. The molecule has 14 heteroatoms. The molecule has 1 atom stereocenters. The van der Waals surface area contributed by atoms with E-state index in [-0.39, 0.29) is 17.9 Å². The number of aromatic nitrogens is 4. The summed E-state index contributed by atoms with van der Waals surface area (Å²) >= 11 is 0. The number of tetrazole rings is 1. The van der Waals surface area contributed by atoms with Crippen LogP contribution < -0.4 is 16.0 Å². The molecule has 1 aromatic carbocycles. The molecule has 2 amide bonds. The van der Waals surface area contributed by atoms with Crippen LogP contribution in [0.5, 0.6) is 0 Å². The number of alkyl halides is 3. The summed E-state index contributed by atoms with van der Waals surface area (Å²) in [6, 6.07) is 7.89. The van der Waals surface area contributed by atoms with Gasteiger partial charge in [-0.2, -0.15) is 13.2 Å². The third-order valence-corrected chi connectivity index (χ3v) is 6.75. The van der Waals surface area contributed by atoms with E-state index in [9.17, 15) is 22.8 Å². The minimum absolute atomic E-state index is 0.0742. The fourth-order valence-corrected chi connectivity index (χ4v) is 4.95. The lowest BCUT2D eigenvalue weighted by Gasteiger charge is -2.38. The number of nitrogens with one attached hydrogen (secondary N) is 3. The summed E-state index contributed by atoms with van der Waals surface area (Å²) in [7, 11) is 0. The molecule has 0 bridgehead atoms. The van der Waals surface area contributed by atoms with Crippen LogP contribution in [0.2, 0.25) is 0 Å². The molecule has 0 spiro atoms. The summed E-state index contributed by atoms with van der Waals surface area (Å²) in [5, 5.41) is 29.6. The summed E-state index contributed by atoms with van der Waals surface area (Å²) < 4.78 is 33.7. The molecule has 3 rings (SSSR count). The first-order chi connectivity index (χ1) is 19.6. The number of hydrogen-bond donors (Lipinski definition) is 4. The molecule has 1 aromatic heterocycles. The van der Waals surface area contributed by atoms with Crippen LogP contribution in [0.3, 0.4) is 0 Å². The van der Waals surface area contributed by atoms with Crippen LogP contribution in [0.15, 0.2) is 36.9 Å². The number of benzene rings is 1. The van der Waals surface area contributed by atoms with Crippen molar-refractivity contribution in [3.63, 3.8) is 0 Å². The Bertz CT molecular complexity index is 1230. The molecular formula is C28H40F3N7O4. The Morgan fingerprint density at radius 2 is 1.81 bits per heavy atom. The van der Waals surface area contributed by atoms with E-state index in [1.807, 2.05) is 49.7 Å². The van der Waals surface area contributed by atoms with Gasteiger partial charge in [0.15, 0.2) is 5.82 Å². The second-order valence-electron chi connectivity index (χ2n) is 11.1. The van der Waals surface area contributed by atoms with Crippen LogP contribution in [-0.2, 0) is 21.7 Å². The molecule has 1 aliphatic carbocycles. The topological polar surface area (TPSA) is 151 Å². The number of carbonyl (C=O) groups excluding carboxylic acids is 2. The second-order valence-corrected chi connectivity index (χ2v) is 11.1. The van der Waals surface area contributed by atoms with Crippen molar-refractivity contribution in [3.8, 4) is 0 Å². The maximum absolute atomic E-state index is 12.4. The molecule has 1 aliphatic rings. The number of carboxylic acids is 1. The van der Waals surface area contributed by atoms with Crippen LogP contribution >= 0.6 is 0 Å². The molecule has 0 saturated heterocycles. The maximum atomic E-state index is 12.4. The van der Waals surface area contributed by atoms with Gasteiger partial charge in [0.25, 0.3) is 5.91 Å². The van der Waals surface area contributed by atoms with E-state index in [1.54, 1.807) is 0 Å². The van der Waals surface area contributed by atoms with Crippen molar-refractivity contribution in [2.24, 2.45) is 0 Å². The average Bonchev–Trinajstić information content (AvgIpc) is 3.62. The molecule has 2 aromatic rings. The highest BCUT2D eigenvalue weighted by Crippen LogP contribution is 2.35. The van der Waals surface area contributed by atoms with Gasteiger partial charge >= 0.3 is 12.1 Å². The predicted molar refractivity (Wildman–Crippen MR) is 149 cm³/mol. The van der Waals surface area contributed by atoms with Crippen molar-refractivity contribution in [3.05, 3.63) is 53.9 Å². The fraction of sp³-hybridized carbons (Fsp3) is 0.571. The summed E-state index contributed by atoms with van der Waals surface area (Å²) in [6.45, 7) is 12.8. The van der Waals surface area contributed by atoms with Crippen molar-refractivity contribution in [2.45, 2.75) is 96.1 Å². The number of nitrogens with zero attached hydrogens (tertiary/aromatic N) is 4. The molecule has 0 radical (unpaired) electrons. The van der Waals surface area contributed by atoms with Crippen molar-refractivity contribution in [2.75, 3.05) is 6.54 Å². The summed E-state index contributed by atoms with van der Waals surface area (Å²) in [6.07, 6.45) is 2.08. The first-order valence-corrected chi connectivity index (χ1v) is 13.8. The Labute approximate surface area is 243 Å². The first-order valence-electron chi connectivity index (χ1n) is 13.8. The number of halogens is 3. The van der Waals surface area contributed by atoms with E-state index in [0.29, 0.717) is 25.1 Å². The van der Waals surface area contributed by atoms with Gasteiger partial charge in [0.05, 0.1) is 11.6 Å². The van der Waals surface area contributed by atoms with Crippen molar-refractivity contribution in [1.29, 1.82) is 0 Å². The minimum Gasteiger partial charge on any atom is -0.475 e. The Morgan fingerprint density at radius 3 is 2.38 bits per heavy atom. The summed E-state index contributed by atoms with van der Waals surface area (Å²) in [5.74, 6) is -2.30. The number of rotatable bonds is 12. The zero-order chi connectivity index (χ0) is 31.6. The monoisotopic (exact) mass is 595 g/mol. The highest BCUT2D eigenvalue weighted by atomic mass is 19.4. The number of amides is 2. The van der Waals surface area contributed by atoms with Crippen LogP contribution in [0.25, 0.3) is 0 Å². The highest BCUT2D eigenvalue weighted by molar-refractivity contribution is 5.94. The van der Waals surface area contributed by atoms with Crippen LogP contribution in [0, 0.1) is 0 Å². The summed E-state index contributed by atoms with van der Waals surface area (Å²) in [5.41, 5.74) is 0.410. The van der Waals surface area contributed by atoms with Gasteiger partial charge in [-0.15, -0.1) is 5.10 Å². The van der Waals surface area contributed by atoms with E-state index >= 15 is 0 Å². The molecule has 1 fully saturated rings. The molecule has 11 nitrogen and oxygen atoms in total. The van der Waals surface area contributed by atoms with Crippen molar-refractivity contribution >= 4 is 17.8 Å². The van der Waals surface area contributed by atoms with Gasteiger partial charge in [0.1, 0.15) is 0 Å². The Balaban J connectivity index is 0.000000782. The van der Waals surface area contributed by atoms with Gasteiger partial charge < -0.3 is 21.1 Å². The molecule has 4 N–H and O–H groups in total. The van der Waals surface area contributed by atoms with Crippen LogP contribution in [0.4, 0.5) is 13.2 Å². The van der Waals surface area contributed by atoms with E-state index < -0.39 is 23.2 Å². The molecule has 1 unspecified atom stereocenters. The zero-order valence-electron chi connectivity index (χ0n) is 24.4. The molecule has 1 saturated carbocycles. The largest absolute Gasteiger partial charge is 0.490 e. The lowest BCUT2D eigenvalue weighted by atomic mass is 9.84. The fourth-order valence-electron chi connectivity index (χ4n) is 4.95. The summed E-state index contributed by atoms with van der Waals surface area (Å²) in [4.78, 5) is 33.4. The Morgan fingerprint density at radius 1 is 1.17 bits per heavy atom. The molecule has 42 heavy (non-hydrogen) atoms. The lowest BCUT2D eigenvalue weighted by Crippen LogP contribution is -2.52. The zero-order valence-corrected chi connectivity index (χ0v) is 24.4. The molecule has 1 heterocycles. The SMILES string of the molecule is C=CC(=O)NC(C)(C)CC(C)(NCc1cccc(C(=O)NCCC)c1)c1nnnn1C1CCCC1.O=C(O)C(F)(F)F. The van der Waals surface area contributed by atoms with Gasteiger partial charge in [-0.3, -0.25) is 9.59 Å². The van der Waals surface area contributed by atoms with E-state index in [4.69, 9.17) is 9.90 Å². The van der Waals surface area contributed by atoms with Gasteiger partial charge in [-0.1, -0.05) is 38.5 Å². The first kappa shape index (κ1) is 34.4. The van der Waals surface area contributed by atoms with E-state index in [1.165, 1.54) is 18.9 Å².